The van der Waals surface area contributed by atoms with Gasteiger partial charge in [0.15, 0.2) is 0 Å². The molecule has 2 aliphatic heterocycles. The number of hydrogen-bond acceptors (Lipinski definition) is 5. The van der Waals surface area contributed by atoms with Gasteiger partial charge in [0.2, 0.25) is 0 Å². The van der Waals surface area contributed by atoms with Gasteiger partial charge in [-0.05, 0) is 18.6 Å². The summed E-state index contributed by atoms with van der Waals surface area (Å²) in [5, 5.41) is 2.99. The highest BCUT2D eigenvalue weighted by atomic mass is 16.5. The highest BCUT2D eigenvalue weighted by Crippen LogP contribution is 2.21. The van der Waals surface area contributed by atoms with E-state index < -0.39 is 0 Å². The predicted octanol–water partition coefficient (Wildman–Crippen LogP) is 0.670. The van der Waals surface area contributed by atoms with E-state index in [1.54, 1.807) is 13.2 Å². The number of hydrogen-bond donors (Lipinski definition) is 1. The van der Waals surface area contributed by atoms with E-state index >= 15 is 0 Å². The number of morpholine rings is 1. The summed E-state index contributed by atoms with van der Waals surface area (Å²) in [6.07, 6.45) is 2.74. The number of likely N-dealkylation sites (tertiary alicyclic amines) is 1. The molecule has 0 spiro atoms. The minimum absolute atomic E-state index is 0.0724. The maximum atomic E-state index is 12.7. The van der Waals surface area contributed by atoms with Crippen LogP contribution in [0.25, 0.3) is 0 Å². The fraction of sp³-hybridized carbons (Fsp3) is 0.600. The molecule has 2 fully saturated rings. The van der Waals surface area contributed by atoms with Crippen molar-refractivity contribution in [3.8, 4) is 0 Å². The van der Waals surface area contributed by atoms with Gasteiger partial charge in [0.05, 0.1) is 18.8 Å². The van der Waals surface area contributed by atoms with Crippen LogP contribution in [0.5, 0.6) is 0 Å². The monoisotopic (exact) mass is 290 g/mol. The van der Waals surface area contributed by atoms with Gasteiger partial charge in [-0.2, -0.15) is 0 Å². The molecule has 0 bridgehead atoms. The molecule has 21 heavy (non-hydrogen) atoms. The highest BCUT2D eigenvalue weighted by Gasteiger charge is 2.32. The minimum Gasteiger partial charge on any atom is -0.379 e. The number of rotatable bonds is 3. The number of pyridine rings is 1. The van der Waals surface area contributed by atoms with Crippen LogP contribution in [0.2, 0.25) is 0 Å². The molecule has 3 rings (SSSR count). The topological polar surface area (TPSA) is 57.7 Å². The van der Waals surface area contributed by atoms with Crippen molar-refractivity contribution in [2.45, 2.75) is 12.5 Å². The molecule has 1 N–H and O–H groups in total. The average molecular weight is 290 g/mol. The smallest absolute Gasteiger partial charge is 0.257 e. The van der Waals surface area contributed by atoms with E-state index in [-0.39, 0.29) is 5.91 Å². The molecule has 1 amide bonds. The van der Waals surface area contributed by atoms with Crippen molar-refractivity contribution in [2.24, 2.45) is 0 Å². The summed E-state index contributed by atoms with van der Waals surface area (Å²) < 4.78 is 5.39. The number of carbonyl (C=O) groups excluding carboxylic acids is 1. The Kier molecular flexibility index (Phi) is 4.36. The van der Waals surface area contributed by atoms with Crippen molar-refractivity contribution >= 4 is 11.7 Å². The van der Waals surface area contributed by atoms with E-state index in [1.165, 1.54) is 0 Å². The Hall–Kier alpha value is -1.66. The SMILES string of the molecule is CNc1ncccc1C(=O)N1CCC(N2CCOCC2)C1. The summed E-state index contributed by atoms with van der Waals surface area (Å²) in [7, 11) is 1.79. The van der Waals surface area contributed by atoms with E-state index in [2.05, 4.69) is 15.2 Å². The first-order valence-corrected chi connectivity index (χ1v) is 7.53. The number of ether oxygens (including phenoxy) is 1. The zero-order chi connectivity index (χ0) is 14.7. The van der Waals surface area contributed by atoms with Crippen molar-refractivity contribution in [1.82, 2.24) is 14.8 Å². The Balaban J connectivity index is 1.66. The molecule has 0 radical (unpaired) electrons. The van der Waals surface area contributed by atoms with Crippen LogP contribution in [0.15, 0.2) is 18.3 Å². The molecule has 0 aliphatic carbocycles. The molecule has 0 saturated carbocycles. The Morgan fingerprint density at radius 1 is 1.38 bits per heavy atom. The van der Waals surface area contributed by atoms with Gasteiger partial charge in [-0.15, -0.1) is 0 Å². The zero-order valence-corrected chi connectivity index (χ0v) is 12.4. The van der Waals surface area contributed by atoms with Gasteiger partial charge in [0.1, 0.15) is 5.82 Å². The third kappa shape index (κ3) is 3.01. The number of nitrogens with zero attached hydrogens (tertiary/aromatic N) is 3. The van der Waals surface area contributed by atoms with Gasteiger partial charge >= 0.3 is 0 Å². The van der Waals surface area contributed by atoms with Crippen LogP contribution >= 0.6 is 0 Å². The maximum Gasteiger partial charge on any atom is 0.257 e. The van der Waals surface area contributed by atoms with Crippen molar-refractivity contribution in [3.63, 3.8) is 0 Å². The first kappa shape index (κ1) is 14.3. The molecule has 2 aliphatic rings. The van der Waals surface area contributed by atoms with Gasteiger partial charge in [0, 0.05) is 45.5 Å². The van der Waals surface area contributed by atoms with Crippen LogP contribution < -0.4 is 5.32 Å². The maximum absolute atomic E-state index is 12.7. The highest BCUT2D eigenvalue weighted by molar-refractivity contribution is 5.98. The number of anilines is 1. The summed E-state index contributed by atoms with van der Waals surface area (Å²) in [5.41, 5.74) is 0.655. The molecule has 3 heterocycles. The van der Waals surface area contributed by atoms with Crippen LogP contribution in [-0.4, -0.2) is 73.2 Å². The van der Waals surface area contributed by atoms with Crippen LogP contribution in [0.1, 0.15) is 16.8 Å². The molecule has 6 nitrogen and oxygen atoms in total. The normalized spacial score (nSPS) is 23.3. The lowest BCUT2D eigenvalue weighted by Crippen LogP contribution is -2.45. The van der Waals surface area contributed by atoms with Crippen LogP contribution in [0, 0.1) is 0 Å². The largest absolute Gasteiger partial charge is 0.379 e. The summed E-state index contributed by atoms with van der Waals surface area (Å²) in [6.45, 7) is 5.17. The fourth-order valence-corrected chi connectivity index (χ4v) is 3.11. The summed E-state index contributed by atoms with van der Waals surface area (Å²) in [5.74, 6) is 0.723. The lowest BCUT2D eigenvalue weighted by Gasteiger charge is -2.32. The summed E-state index contributed by atoms with van der Waals surface area (Å²) >= 11 is 0. The van der Waals surface area contributed by atoms with Gasteiger partial charge in [-0.25, -0.2) is 4.98 Å². The Labute approximate surface area is 125 Å². The molecule has 1 atom stereocenters. The van der Waals surface area contributed by atoms with E-state index in [0.717, 1.165) is 45.8 Å². The summed E-state index contributed by atoms with van der Waals surface area (Å²) in [6, 6.07) is 4.11. The van der Waals surface area contributed by atoms with E-state index in [9.17, 15) is 4.79 Å². The number of amides is 1. The lowest BCUT2D eigenvalue weighted by atomic mass is 10.2. The second-order valence-electron chi connectivity index (χ2n) is 5.49. The van der Waals surface area contributed by atoms with Crippen molar-refractivity contribution < 1.29 is 9.53 Å². The van der Waals surface area contributed by atoms with Gasteiger partial charge in [0.25, 0.3) is 5.91 Å². The number of nitrogens with one attached hydrogen (secondary N) is 1. The van der Waals surface area contributed by atoms with E-state index in [1.807, 2.05) is 17.0 Å². The van der Waals surface area contributed by atoms with E-state index in [0.29, 0.717) is 17.4 Å². The first-order valence-electron chi connectivity index (χ1n) is 7.53. The molecular formula is C15H22N4O2. The van der Waals surface area contributed by atoms with Gasteiger partial charge in [-0.1, -0.05) is 0 Å². The van der Waals surface area contributed by atoms with Crippen molar-refractivity contribution in [3.05, 3.63) is 23.9 Å². The lowest BCUT2D eigenvalue weighted by molar-refractivity contribution is 0.0185. The fourth-order valence-electron chi connectivity index (χ4n) is 3.11. The molecule has 1 unspecified atom stereocenters. The molecule has 2 saturated heterocycles. The molecule has 1 aromatic heterocycles. The van der Waals surface area contributed by atoms with Crippen molar-refractivity contribution in [1.29, 1.82) is 0 Å². The van der Waals surface area contributed by atoms with Crippen LogP contribution in [0.3, 0.4) is 0 Å². The quantitative estimate of drug-likeness (QED) is 0.887. The van der Waals surface area contributed by atoms with E-state index in [4.69, 9.17) is 4.74 Å². The first-order chi connectivity index (χ1) is 10.3. The molecular weight excluding hydrogens is 268 g/mol. The third-order valence-electron chi connectivity index (χ3n) is 4.29. The standard InChI is InChI=1S/C15H22N4O2/c1-16-14-13(3-2-5-17-14)15(20)19-6-4-12(11-19)18-7-9-21-10-8-18/h2-3,5,12H,4,6-11H2,1H3,(H,16,17). The second-order valence-corrected chi connectivity index (χ2v) is 5.49. The molecule has 114 valence electrons. The average Bonchev–Trinajstić information content (AvgIpc) is 3.05. The zero-order valence-electron chi connectivity index (χ0n) is 12.4. The van der Waals surface area contributed by atoms with Gasteiger partial charge in [-0.3, -0.25) is 9.69 Å². The van der Waals surface area contributed by atoms with Crippen LogP contribution in [-0.2, 0) is 4.74 Å². The molecule has 0 aromatic carbocycles. The Morgan fingerprint density at radius 2 is 2.19 bits per heavy atom. The van der Waals surface area contributed by atoms with Gasteiger partial charge < -0.3 is 15.0 Å². The molecule has 6 heteroatoms. The Morgan fingerprint density at radius 3 is 2.95 bits per heavy atom. The second kappa shape index (κ2) is 6.41. The summed E-state index contributed by atoms with van der Waals surface area (Å²) in [4.78, 5) is 21.3. The van der Waals surface area contributed by atoms with Crippen LogP contribution in [0.4, 0.5) is 5.82 Å². The predicted molar refractivity (Wildman–Crippen MR) is 80.5 cm³/mol. The number of aromatic nitrogens is 1. The molecule has 1 aromatic rings. The Bertz CT molecular complexity index is 502. The minimum atomic E-state index is 0.0724. The number of carbonyl (C=O) groups is 1. The van der Waals surface area contributed by atoms with Crippen molar-refractivity contribution in [2.75, 3.05) is 51.8 Å². The third-order valence-corrected chi connectivity index (χ3v) is 4.29.